The molecule has 0 aromatic carbocycles. The molecule has 0 atom stereocenters. The van der Waals surface area contributed by atoms with E-state index in [1.165, 1.54) is 25.7 Å². The fourth-order valence-electron chi connectivity index (χ4n) is 2.40. The van der Waals surface area contributed by atoms with Gasteiger partial charge in [-0.1, -0.05) is 19.8 Å². The minimum Gasteiger partial charge on any atom is -0.312 e. The van der Waals surface area contributed by atoms with E-state index < -0.39 is 0 Å². The molecule has 3 heteroatoms. The molecule has 0 aromatic heterocycles. The lowest BCUT2D eigenvalue weighted by molar-refractivity contribution is 0.402. The highest BCUT2D eigenvalue weighted by Crippen LogP contribution is 2.41. The molecule has 1 rings (SSSR count). The van der Waals surface area contributed by atoms with E-state index in [1.54, 1.807) is 0 Å². The van der Waals surface area contributed by atoms with E-state index in [2.05, 4.69) is 31.2 Å². The smallest absolute Gasteiger partial charge is 0.117 e. The number of nitrogens with two attached hydrogens (primary N) is 1. The summed E-state index contributed by atoms with van der Waals surface area (Å²) in [6, 6.07) is 0.324. The van der Waals surface area contributed by atoms with Crippen LogP contribution in [0.2, 0.25) is 0 Å². The average molecular weight is 197 g/mol. The maximum absolute atomic E-state index is 5.58. The summed E-state index contributed by atoms with van der Waals surface area (Å²) in [5, 5.41) is 0. The third-order valence-corrected chi connectivity index (χ3v) is 3.26. The van der Waals surface area contributed by atoms with Crippen molar-refractivity contribution in [2.75, 3.05) is 0 Å². The molecular formula is C11H23N3. The number of hydrazine groups is 1. The quantitative estimate of drug-likeness (QED) is 0.315. The van der Waals surface area contributed by atoms with E-state index in [4.69, 9.17) is 5.84 Å². The number of aliphatic imine (C=N–C) groups is 1. The summed E-state index contributed by atoms with van der Waals surface area (Å²) in [6.07, 6.45) is 6.24. The van der Waals surface area contributed by atoms with Crippen molar-refractivity contribution >= 4 is 5.84 Å². The Hall–Kier alpha value is -0.570. The first-order valence-corrected chi connectivity index (χ1v) is 5.69. The number of rotatable bonds is 3. The topological polar surface area (TPSA) is 50.4 Å². The molecule has 3 N–H and O–H groups in total. The Labute approximate surface area is 87.1 Å². The fraction of sp³-hybridized carbons (Fsp3) is 0.909. The lowest BCUT2D eigenvalue weighted by atomic mass is 9.82. The van der Waals surface area contributed by atoms with Crippen LogP contribution in [0.15, 0.2) is 4.99 Å². The maximum atomic E-state index is 5.58. The summed E-state index contributed by atoms with van der Waals surface area (Å²) < 4.78 is 0. The van der Waals surface area contributed by atoms with Gasteiger partial charge in [0.25, 0.3) is 0 Å². The Morgan fingerprint density at radius 2 is 2.00 bits per heavy atom. The normalized spacial score (nSPS) is 21.6. The molecule has 82 valence electrons. The van der Waals surface area contributed by atoms with Crippen LogP contribution in [-0.2, 0) is 0 Å². The van der Waals surface area contributed by atoms with Crippen molar-refractivity contribution in [2.45, 2.75) is 58.9 Å². The monoisotopic (exact) mass is 197 g/mol. The van der Waals surface area contributed by atoms with Crippen LogP contribution in [0.3, 0.4) is 0 Å². The minimum atomic E-state index is 0.249. The standard InChI is InChI=1S/C11H23N3/c1-4-11(7-5-6-8-11)10(14-12)13-9(2)3/h9H,4-8,12H2,1-3H3,(H,13,14). The Balaban J connectivity index is 2.84. The summed E-state index contributed by atoms with van der Waals surface area (Å²) in [6.45, 7) is 6.42. The predicted octanol–water partition coefficient (Wildman–Crippen LogP) is 2.23. The van der Waals surface area contributed by atoms with Gasteiger partial charge in [-0.2, -0.15) is 0 Å². The molecule has 0 aliphatic heterocycles. The number of amidine groups is 1. The van der Waals surface area contributed by atoms with Crippen LogP contribution in [0, 0.1) is 5.41 Å². The lowest BCUT2D eigenvalue weighted by Crippen LogP contribution is -2.43. The number of hydrogen-bond donors (Lipinski definition) is 2. The summed E-state index contributed by atoms with van der Waals surface area (Å²) in [5.41, 5.74) is 3.07. The van der Waals surface area contributed by atoms with Crippen molar-refractivity contribution in [3.8, 4) is 0 Å². The van der Waals surface area contributed by atoms with Crippen molar-refractivity contribution < 1.29 is 0 Å². The molecule has 0 aromatic rings. The third-order valence-electron chi connectivity index (χ3n) is 3.26. The van der Waals surface area contributed by atoms with E-state index in [1.807, 2.05) is 0 Å². The van der Waals surface area contributed by atoms with Gasteiger partial charge in [0.1, 0.15) is 5.84 Å². The largest absolute Gasteiger partial charge is 0.312 e. The minimum absolute atomic E-state index is 0.249. The van der Waals surface area contributed by atoms with Gasteiger partial charge in [-0.05, 0) is 33.1 Å². The molecule has 0 amide bonds. The van der Waals surface area contributed by atoms with Crippen LogP contribution in [0.5, 0.6) is 0 Å². The Kier molecular flexibility index (Phi) is 3.93. The first kappa shape index (κ1) is 11.5. The van der Waals surface area contributed by atoms with Gasteiger partial charge in [0.05, 0.1) is 0 Å². The number of nitrogens with one attached hydrogen (secondary N) is 1. The molecule has 0 spiro atoms. The van der Waals surface area contributed by atoms with Crippen LogP contribution >= 0.6 is 0 Å². The van der Waals surface area contributed by atoms with Gasteiger partial charge in [0, 0.05) is 11.5 Å². The van der Waals surface area contributed by atoms with Crippen LogP contribution < -0.4 is 11.3 Å². The first-order valence-electron chi connectivity index (χ1n) is 5.69. The zero-order valence-corrected chi connectivity index (χ0v) is 9.64. The van der Waals surface area contributed by atoms with Crippen LogP contribution in [0.25, 0.3) is 0 Å². The highest BCUT2D eigenvalue weighted by atomic mass is 15.3. The van der Waals surface area contributed by atoms with Gasteiger partial charge >= 0.3 is 0 Å². The highest BCUT2D eigenvalue weighted by molar-refractivity contribution is 5.88. The molecule has 0 unspecified atom stereocenters. The summed E-state index contributed by atoms with van der Waals surface area (Å²) in [7, 11) is 0. The van der Waals surface area contributed by atoms with E-state index in [0.717, 1.165) is 12.3 Å². The summed E-state index contributed by atoms with van der Waals surface area (Å²) in [5.74, 6) is 6.60. The number of nitrogens with zero attached hydrogens (tertiary/aromatic N) is 1. The van der Waals surface area contributed by atoms with Gasteiger partial charge in [-0.15, -0.1) is 0 Å². The second kappa shape index (κ2) is 4.78. The second-order valence-corrected chi connectivity index (χ2v) is 4.56. The van der Waals surface area contributed by atoms with E-state index >= 15 is 0 Å². The van der Waals surface area contributed by atoms with Gasteiger partial charge in [0.2, 0.25) is 0 Å². The van der Waals surface area contributed by atoms with Crippen molar-refractivity contribution in [3.63, 3.8) is 0 Å². The zero-order valence-electron chi connectivity index (χ0n) is 9.64. The molecule has 1 fully saturated rings. The molecule has 1 aliphatic carbocycles. The maximum Gasteiger partial charge on any atom is 0.117 e. The van der Waals surface area contributed by atoms with Crippen molar-refractivity contribution in [3.05, 3.63) is 0 Å². The summed E-state index contributed by atoms with van der Waals surface area (Å²) >= 11 is 0. The Morgan fingerprint density at radius 3 is 2.36 bits per heavy atom. The second-order valence-electron chi connectivity index (χ2n) is 4.56. The molecule has 0 bridgehead atoms. The predicted molar refractivity (Wildman–Crippen MR) is 61.1 cm³/mol. The highest BCUT2D eigenvalue weighted by Gasteiger charge is 2.37. The van der Waals surface area contributed by atoms with E-state index in [-0.39, 0.29) is 5.41 Å². The summed E-state index contributed by atoms with van der Waals surface area (Å²) in [4.78, 5) is 4.60. The molecular weight excluding hydrogens is 174 g/mol. The SMILES string of the molecule is CCC1(C(=NC(C)C)NN)CCCC1. The lowest BCUT2D eigenvalue weighted by Gasteiger charge is -2.29. The Bertz CT molecular complexity index is 203. The van der Waals surface area contributed by atoms with Crippen LogP contribution in [0.1, 0.15) is 52.9 Å². The van der Waals surface area contributed by atoms with Gasteiger partial charge in [-0.3, -0.25) is 4.99 Å². The molecule has 0 heterocycles. The van der Waals surface area contributed by atoms with Gasteiger partial charge in [-0.25, -0.2) is 5.84 Å². The third kappa shape index (κ3) is 2.27. The molecule has 14 heavy (non-hydrogen) atoms. The molecule has 1 saturated carbocycles. The fourth-order valence-corrected chi connectivity index (χ4v) is 2.40. The Morgan fingerprint density at radius 1 is 1.43 bits per heavy atom. The van der Waals surface area contributed by atoms with E-state index in [0.29, 0.717) is 6.04 Å². The zero-order chi connectivity index (χ0) is 10.6. The van der Waals surface area contributed by atoms with Crippen LogP contribution in [0.4, 0.5) is 0 Å². The van der Waals surface area contributed by atoms with Crippen molar-refractivity contribution in [2.24, 2.45) is 16.3 Å². The molecule has 1 aliphatic rings. The van der Waals surface area contributed by atoms with E-state index in [9.17, 15) is 0 Å². The number of hydrogen-bond acceptors (Lipinski definition) is 2. The molecule has 3 nitrogen and oxygen atoms in total. The van der Waals surface area contributed by atoms with Crippen molar-refractivity contribution in [1.29, 1.82) is 0 Å². The molecule has 0 saturated heterocycles. The molecule has 0 radical (unpaired) electrons. The van der Waals surface area contributed by atoms with Crippen LogP contribution in [-0.4, -0.2) is 11.9 Å². The first-order chi connectivity index (χ1) is 6.64. The average Bonchev–Trinajstić information content (AvgIpc) is 2.63. The van der Waals surface area contributed by atoms with Gasteiger partial charge < -0.3 is 5.43 Å². The van der Waals surface area contributed by atoms with Crippen molar-refractivity contribution in [1.82, 2.24) is 5.43 Å². The van der Waals surface area contributed by atoms with Gasteiger partial charge in [0.15, 0.2) is 0 Å².